The van der Waals surface area contributed by atoms with Crippen molar-refractivity contribution in [2.75, 3.05) is 13.7 Å². The summed E-state index contributed by atoms with van der Waals surface area (Å²) in [5.74, 6) is -2.15. The maximum absolute atomic E-state index is 13.5. The molecule has 3 fully saturated rings. The lowest BCUT2D eigenvalue weighted by atomic mass is 9.65. The van der Waals surface area contributed by atoms with Crippen LogP contribution in [-0.4, -0.2) is 70.2 Å². The lowest BCUT2D eigenvalue weighted by molar-refractivity contribution is -0.151. The van der Waals surface area contributed by atoms with Gasteiger partial charge in [-0.1, -0.05) is 6.92 Å². The van der Waals surface area contributed by atoms with E-state index in [-0.39, 0.29) is 24.3 Å². The molecular formula is C20H33N3O5. The molecule has 3 amide bonds. The van der Waals surface area contributed by atoms with Gasteiger partial charge in [0.05, 0.1) is 30.1 Å². The number of nitrogens with one attached hydrogen (secondary N) is 2. The molecule has 28 heavy (non-hydrogen) atoms. The second kappa shape index (κ2) is 6.69. The normalized spacial score (nSPS) is 37.8. The van der Waals surface area contributed by atoms with Crippen LogP contribution in [0.2, 0.25) is 0 Å². The van der Waals surface area contributed by atoms with Crippen LogP contribution in [0.1, 0.15) is 53.9 Å². The minimum atomic E-state index is -1.04. The maximum atomic E-state index is 13.5. The van der Waals surface area contributed by atoms with Gasteiger partial charge in [0.2, 0.25) is 17.7 Å². The van der Waals surface area contributed by atoms with Gasteiger partial charge in [-0.15, -0.1) is 0 Å². The number of ether oxygens (including phenoxy) is 1. The fourth-order valence-corrected chi connectivity index (χ4v) is 5.51. The first-order valence-corrected chi connectivity index (χ1v) is 10.1. The third-order valence-corrected chi connectivity index (χ3v) is 6.63. The highest BCUT2D eigenvalue weighted by Crippen LogP contribution is 2.64. The van der Waals surface area contributed by atoms with E-state index in [0.29, 0.717) is 19.3 Å². The Morgan fingerprint density at radius 1 is 1.32 bits per heavy atom. The molecule has 0 radical (unpaired) electrons. The van der Waals surface area contributed by atoms with Crippen LogP contribution < -0.4 is 10.6 Å². The fourth-order valence-electron chi connectivity index (χ4n) is 5.51. The molecule has 3 heterocycles. The summed E-state index contributed by atoms with van der Waals surface area (Å²) in [6.07, 6.45) is 1.77. The monoisotopic (exact) mass is 395 g/mol. The number of hydrogen-bond donors (Lipinski definition) is 3. The van der Waals surface area contributed by atoms with Crippen LogP contribution in [0.3, 0.4) is 0 Å². The highest BCUT2D eigenvalue weighted by molar-refractivity contribution is 5.99. The van der Waals surface area contributed by atoms with E-state index in [1.807, 2.05) is 27.7 Å². The molecule has 0 saturated carbocycles. The van der Waals surface area contributed by atoms with Crippen LogP contribution in [0.15, 0.2) is 0 Å². The molecule has 3 aliphatic heterocycles. The summed E-state index contributed by atoms with van der Waals surface area (Å²) in [5.41, 5.74) is -2.25. The van der Waals surface area contributed by atoms with Gasteiger partial charge in [0.25, 0.3) is 0 Å². The van der Waals surface area contributed by atoms with E-state index < -0.39 is 40.7 Å². The number of aliphatic hydroxyl groups is 1. The molecule has 8 nitrogen and oxygen atoms in total. The lowest BCUT2D eigenvalue weighted by Gasteiger charge is -2.37. The Hall–Kier alpha value is -1.67. The zero-order valence-corrected chi connectivity index (χ0v) is 17.7. The molecule has 2 unspecified atom stereocenters. The molecule has 0 aromatic carbocycles. The zero-order chi connectivity index (χ0) is 21.1. The molecular weight excluding hydrogens is 362 g/mol. The molecule has 0 aromatic heterocycles. The summed E-state index contributed by atoms with van der Waals surface area (Å²) in [6.45, 7) is 9.04. The van der Waals surface area contributed by atoms with Crippen LogP contribution in [0.5, 0.6) is 0 Å². The summed E-state index contributed by atoms with van der Waals surface area (Å²) < 4.78 is 6.53. The minimum absolute atomic E-state index is 0.227. The molecule has 0 aromatic rings. The van der Waals surface area contributed by atoms with Crippen LogP contribution in [-0.2, 0) is 19.1 Å². The topological polar surface area (TPSA) is 108 Å². The Balaban J connectivity index is 2.12. The van der Waals surface area contributed by atoms with Crippen molar-refractivity contribution in [2.24, 2.45) is 11.8 Å². The predicted molar refractivity (Wildman–Crippen MR) is 102 cm³/mol. The standard InChI is InChI=1S/C20H33N3O5/c1-7-19-8-9-20(28-19)13(12(19)15(25)21-6)17(27)23(11(2)10-24)14(20)16(26)22-18(3,4)5/h11-14,24H,7-10H2,1-6H3,(H,21,25)(H,22,26)/t11-,12+,13+,14?,19-,20?/m1/s1. The molecule has 3 N–H and O–H groups in total. The van der Waals surface area contributed by atoms with E-state index in [9.17, 15) is 19.5 Å². The van der Waals surface area contributed by atoms with E-state index in [1.54, 1.807) is 14.0 Å². The van der Waals surface area contributed by atoms with E-state index in [4.69, 9.17) is 4.74 Å². The number of rotatable bonds is 5. The molecule has 6 atom stereocenters. The maximum Gasteiger partial charge on any atom is 0.246 e. The number of nitrogens with zero attached hydrogens (tertiary/aromatic N) is 1. The average Bonchev–Trinajstić information content (AvgIpc) is 3.22. The lowest BCUT2D eigenvalue weighted by Crippen LogP contribution is -2.60. The predicted octanol–water partition coefficient (Wildman–Crippen LogP) is 0.183. The Kier molecular flexibility index (Phi) is 5.03. The molecule has 3 rings (SSSR count). The first kappa shape index (κ1) is 21.0. The van der Waals surface area contributed by atoms with Gasteiger partial charge in [-0.25, -0.2) is 0 Å². The number of carbonyl (C=O) groups is 3. The van der Waals surface area contributed by atoms with Crippen LogP contribution in [0.4, 0.5) is 0 Å². The fraction of sp³-hybridized carbons (Fsp3) is 0.850. The van der Waals surface area contributed by atoms with E-state index in [2.05, 4.69) is 10.6 Å². The zero-order valence-electron chi connectivity index (χ0n) is 17.7. The van der Waals surface area contributed by atoms with Crippen LogP contribution >= 0.6 is 0 Å². The average molecular weight is 396 g/mol. The van der Waals surface area contributed by atoms with E-state index >= 15 is 0 Å². The molecule has 0 aliphatic carbocycles. The number of aliphatic hydroxyl groups excluding tert-OH is 1. The summed E-state index contributed by atoms with van der Waals surface area (Å²) in [6, 6.07) is -1.41. The first-order valence-electron chi connectivity index (χ1n) is 10.1. The van der Waals surface area contributed by atoms with Crippen LogP contribution in [0.25, 0.3) is 0 Å². The van der Waals surface area contributed by atoms with Gasteiger partial charge in [0.1, 0.15) is 11.6 Å². The van der Waals surface area contributed by atoms with E-state index in [1.165, 1.54) is 4.90 Å². The third kappa shape index (κ3) is 2.76. The van der Waals surface area contributed by atoms with Crippen LogP contribution in [0, 0.1) is 11.8 Å². The summed E-state index contributed by atoms with van der Waals surface area (Å²) in [4.78, 5) is 41.1. The van der Waals surface area contributed by atoms with Crippen molar-refractivity contribution in [3.8, 4) is 0 Å². The highest BCUT2D eigenvalue weighted by Gasteiger charge is 2.78. The second-order valence-electron chi connectivity index (χ2n) is 9.46. The van der Waals surface area contributed by atoms with Crippen molar-refractivity contribution in [2.45, 2.75) is 82.7 Å². The quantitative estimate of drug-likeness (QED) is 0.616. The van der Waals surface area contributed by atoms with Crippen molar-refractivity contribution < 1.29 is 24.2 Å². The van der Waals surface area contributed by atoms with Crippen molar-refractivity contribution in [1.29, 1.82) is 0 Å². The van der Waals surface area contributed by atoms with Crippen molar-refractivity contribution in [3.05, 3.63) is 0 Å². The third-order valence-electron chi connectivity index (χ3n) is 6.63. The molecule has 1 spiro atoms. The van der Waals surface area contributed by atoms with E-state index in [0.717, 1.165) is 0 Å². The number of hydrogen-bond acceptors (Lipinski definition) is 5. The van der Waals surface area contributed by atoms with Gasteiger partial charge in [-0.05, 0) is 47.0 Å². The van der Waals surface area contributed by atoms with Gasteiger partial charge in [0.15, 0.2) is 0 Å². The molecule has 3 aliphatic rings. The Morgan fingerprint density at radius 2 is 1.96 bits per heavy atom. The summed E-state index contributed by atoms with van der Waals surface area (Å²) in [7, 11) is 1.56. The molecule has 8 heteroatoms. The smallest absolute Gasteiger partial charge is 0.246 e. The second-order valence-corrected chi connectivity index (χ2v) is 9.46. The Labute approximate surface area is 166 Å². The largest absolute Gasteiger partial charge is 0.394 e. The van der Waals surface area contributed by atoms with Crippen molar-refractivity contribution in [3.63, 3.8) is 0 Å². The minimum Gasteiger partial charge on any atom is -0.394 e. The summed E-state index contributed by atoms with van der Waals surface area (Å²) in [5, 5.41) is 15.4. The molecule has 2 bridgehead atoms. The Morgan fingerprint density at radius 3 is 2.46 bits per heavy atom. The number of amides is 3. The SMILES string of the molecule is CC[C@]12CCC3(O1)C(C(=O)NC(C)(C)C)N([C@H](C)CO)C(=O)[C@@H]3[C@H]2C(=O)NC. The molecule has 158 valence electrons. The number of carbonyl (C=O) groups excluding carboxylic acids is 3. The van der Waals surface area contributed by atoms with Gasteiger partial charge < -0.3 is 25.4 Å². The number of fused-ring (bicyclic) bond motifs is 1. The first-order chi connectivity index (χ1) is 13.0. The van der Waals surface area contributed by atoms with Gasteiger partial charge in [-0.2, -0.15) is 0 Å². The van der Waals surface area contributed by atoms with Gasteiger partial charge in [0, 0.05) is 12.6 Å². The van der Waals surface area contributed by atoms with Crippen molar-refractivity contribution in [1.82, 2.24) is 15.5 Å². The summed E-state index contributed by atoms with van der Waals surface area (Å²) >= 11 is 0. The highest BCUT2D eigenvalue weighted by atomic mass is 16.5. The van der Waals surface area contributed by atoms with Gasteiger partial charge in [-0.3, -0.25) is 14.4 Å². The van der Waals surface area contributed by atoms with Gasteiger partial charge >= 0.3 is 0 Å². The number of likely N-dealkylation sites (tertiary alicyclic amines) is 1. The van der Waals surface area contributed by atoms with Crippen molar-refractivity contribution >= 4 is 17.7 Å². The Bertz CT molecular complexity index is 690. The molecule has 3 saturated heterocycles.